The fourth-order valence-corrected chi connectivity index (χ4v) is 2.39. The van der Waals surface area contributed by atoms with Crippen LogP contribution in [0.3, 0.4) is 0 Å². The van der Waals surface area contributed by atoms with Crippen molar-refractivity contribution < 1.29 is 0 Å². The highest BCUT2D eigenvalue weighted by Crippen LogP contribution is 2.17. The molecular formula is C15H24N4Si. The van der Waals surface area contributed by atoms with Gasteiger partial charge >= 0.3 is 0 Å². The van der Waals surface area contributed by atoms with E-state index in [0.29, 0.717) is 0 Å². The van der Waals surface area contributed by atoms with Gasteiger partial charge in [-0.25, -0.2) is 9.97 Å². The lowest BCUT2D eigenvalue weighted by Gasteiger charge is -2.38. The molecule has 4 nitrogen and oxygen atoms in total. The largest absolute Gasteiger partial charge is 0.328 e. The molecule has 0 unspecified atom stereocenters. The van der Waals surface area contributed by atoms with Crippen molar-refractivity contribution in [1.29, 1.82) is 0 Å². The third-order valence-corrected chi connectivity index (χ3v) is 4.13. The van der Waals surface area contributed by atoms with E-state index >= 15 is 0 Å². The summed E-state index contributed by atoms with van der Waals surface area (Å²) in [6, 6.07) is 0. The third-order valence-electron chi connectivity index (χ3n) is 3.26. The third kappa shape index (κ3) is 4.32. The summed E-state index contributed by atoms with van der Waals surface area (Å²) in [5, 5.41) is 3.49. The summed E-state index contributed by atoms with van der Waals surface area (Å²) in [4.78, 5) is 11.0. The number of nitrogens with zero attached hydrogens (tertiary/aromatic N) is 3. The molecule has 2 rings (SSSR count). The van der Waals surface area contributed by atoms with Crippen LogP contribution in [0, 0.1) is 11.5 Å². The zero-order valence-corrected chi connectivity index (χ0v) is 14.1. The number of aromatic nitrogens is 2. The Morgan fingerprint density at radius 3 is 2.40 bits per heavy atom. The van der Waals surface area contributed by atoms with Gasteiger partial charge in [-0.05, 0) is 20.3 Å². The van der Waals surface area contributed by atoms with Crippen molar-refractivity contribution in [3.8, 4) is 11.5 Å². The smallest absolute Gasteiger partial charge is 0.226 e. The molecule has 0 aliphatic carbocycles. The summed E-state index contributed by atoms with van der Waals surface area (Å²) < 4.78 is 0. The van der Waals surface area contributed by atoms with Gasteiger partial charge in [0, 0.05) is 24.5 Å². The SMILES string of the molecule is CC1(C)CCN(c2ncc(C#C[Si](C)(C)C)cn2)CN1. The van der Waals surface area contributed by atoms with Gasteiger partial charge in [-0.15, -0.1) is 5.54 Å². The van der Waals surface area contributed by atoms with Crippen LogP contribution in [-0.4, -0.2) is 36.8 Å². The van der Waals surface area contributed by atoms with E-state index in [4.69, 9.17) is 0 Å². The molecule has 1 fully saturated rings. The average molecular weight is 288 g/mol. The van der Waals surface area contributed by atoms with Gasteiger partial charge in [-0.2, -0.15) is 0 Å². The Hall–Kier alpha value is -1.38. The van der Waals surface area contributed by atoms with Crippen LogP contribution in [0.5, 0.6) is 0 Å². The molecule has 0 bridgehead atoms. The minimum Gasteiger partial charge on any atom is -0.328 e. The van der Waals surface area contributed by atoms with Crippen molar-refractivity contribution in [2.24, 2.45) is 0 Å². The molecule has 1 aromatic rings. The number of hydrogen-bond donors (Lipinski definition) is 1. The first kappa shape index (κ1) is 15.0. The van der Waals surface area contributed by atoms with Crippen molar-refractivity contribution in [2.75, 3.05) is 18.1 Å². The van der Waals surface area contributed by atoms with Crippen molar-refractivity contribution in [3.05, 3.63) is 18.0 Å². The molecule has 1 aliphatic rings. The van der Waals surface area contributed by atoms with Crippen molar-refractivity contribution >= 4 is 14.0 Å². The second-order valence-corrected chi connectivity index (χ2v) is 11.8. The molecule has 0 atom stereocenters. The van der Waals surface area contributed by atoms with E-state index in [1.54, 1.807) is 0 Å². The Balaban J connectivity index is 2.03. The van der Waals surface area contributed by atoms with Crippen LogP contribution >= 0.6 is 0 Å². The number of hydrogen-bond acceptors (Lipinski definition) is 4. The second kappa shape index (κ2) is 5.55. The summed E-state index contributed by atoms with van der Waals surface area (Å²) in [6.45, 7) is 12.9. The van der Waals surface area contributed by atoms with Gasteiger partial charge in [0.1, 0.15) is 8.07 Å². The maximum absolute atomic E-state index is 4.44. The molecule has 20 heavy (non-hydrogen) atoms. The molecule has 0 spiro atoms. The van der Waals surface area contributed by atoms with E-state index in [1.165, 1.54) is 0 Å². The second-order valence-electron chi connectivity index (χ2n) is 7.00. The summed E-state index contributed by atoms with van der Waals surface area (Å²) in [5.41, 5.74) is 4.44. The van der Waals surface area contributed by atoms with E-state index in [-0.39, 0.29) is 5.54 Å². The maximum Gasteiger partial charge on any atom is 0.226 e. The van der Waals surface area contributed by atoms with Crippen molar-refractivity contribution in [1.82, 2.24) is 15.3 Å². The van der Waals surface area contributed by atoms with Gasteiger partial charge in [0.05, 0.1) is 12.2 Å². The van der Waals surface area contributed by atoms with E-state index in [2.05, 4.69) is 65.1 Å². The number of anilines is 1. The minimum atomic E-state index is -1.34. The summed E-state index contributed by atoms with van der Waals surface area (Å²) in [7, 11) is -1.34. The summed E-state index contributed by atoms with van der Waals surface area (Å²) >= 11 is 0. The molecule has 1 aliphatic heterocycles. The van der Waals surface area contributed by atoms with Crippen LogP contribution in [0.15, 0.2) is 12.4 Å². The Morgan fingerprint density at radius 2 is 1.90 bits per heavy atom. The quantitative estimate of drug-likeness (QED) is 0.635. The van der Waals surface area contributed by atoms with Crippen LogP contribution < -0.4 is 10.2 Å². The lowest BCUT2D eigenvalue weighted by molar-refractivity contribution is 0.321. The molecule has 5 heteroatoms. The first-order chi connectivity index (χ1) is 9.25. The Morgan fingerprint density at radius 1 is 1.25 bits per heavy atom. The van der Waals surface area contributed by atoms with Gasteiger partial charge < -0.3 is 4.90 Å². The summed E-state index contributed by atoms with van der Waals surface area (Å²) in [5.74, 6) is 3.96. The average Bonchev–Trinajstić information content (AvgIpc) is 2.36. The van der Waals surface area contributed by atoms with Gasteiger partial charge in [0.2, 0.25) is 5.95 Å². The lowest BCUT2D eigenvalue weighted by Crippen LogP contribution is -2.53. The predicted octanol–water partition coefficient (Wildman–Crippen LogP) is 2.24. The van der Waals surface area contributed by atoms with Crippen LogP contribution in [-0.2, 0) is 0 Å². The lowest BCUT2D eigenvalue weighted by atomic mass is 9.99. The van der Waals surface area contributed by atoms with Crippen LogP contribution in [0.25, 0.3) is 0 Å². The molecule has 1 N–H and O–H groups in total. The monoisotopic (exact) mass is 288 g/mol. The van der Waals surface area contributed by atoms with E-state index in [9.17, 15) is 0 Å². The van der Waals surface area contributed by atoms with Gasteiger partial charge in [-0.3, -0.25) is 5.32 Å². The minimum absolute atomic E-state index is 0.208. The molecule has 1 saturated heterocycles. The molecule has 0 aromatic carbocycles. The molecule has 0 amide bonds. The highest BCUT2D eigenvalue weighted by molar-refractivity contribution is 6.83. The standard InChI is InChI=1S/C15H24N4Si/c1-15(2)7-8-19(12-18-15)14-16-10-13(11-17-14)6-9-20(3,4)5/h10-11,18H,7-8,12H2,1-5H3. The zero-order valence-electron chi connectivity index (χ0n) is 13.1. The van der Waals surface area contributed by atoms with Crippen LogP contribution in [0.2, 0.25) is 19.6 Å². The van der Waals surface area contributed by atoms with Crippen LogP contribution in [0.1, 0.15) is 25.8 Å². The van der Waals surface area contributed by atoms with E-state index in [1.807, 2.05) is 12.4 Å². The van der Waals surface area contributed by atoms with Gasteiger partial charge in [-0.1, -0.05) is 25.6 Å². The van der Waals surface area contributed by atoms with Crippen molar-refractivity contribution in [2.45, 2.75) is 45.4 Å². The molecular weight excluding hydrogens is 264 g/mol. The molecule has 108 valence electrons. The normalized spacial score (nSPS) is 18.4. The first-order valence-corrected chi connectivity index (χ1v) is 10.6. The maximum atomic E-state index is 4.44. The van der Waals surface area contributed by atoms with E-state index < -0.39 is 8.07 Å². The fourth-order valence-electron chi connectivity index (χ4n) is 1.87. The Kier molecular flexibility index (Phi) is 4.16. The van der Waals surface area contributed by atoms with Crippen molar-refractivity contribution in [3.63, 3.8) is 0 Å². The molecule has 2 heterocycles. The first-order valence-electron chi connectivity index (χ1n) is 7.10. The topological polar surface area (TPSA) is 41.1 Å². The molecule has 1 aromatic heterocycles. The summed E-state index contributed by atoms with van der Waals surface area (Å²) in [6.07, 6.45) is 4.75. The van der Waals surface area contributed by atoms with E-state index in [0.717, 1.165) is 31.1 Å². The highest BCUT2D eigenvalue weighted by Gasteiger charge is 2.25. The Bertz CT molecular complexity index is 510. The molecule has 0 saturated carbocycles. The zero-order chi connectivity index (χ0) is 14.8. The van der Waals surface area contributed by atoms with Gasteiger partial charge in [0.15, 0.2) is 0 Å². The highest BCUT2D eigenvalue weighted by atomic mass is 28.3. The van der Waals surface area contributed by atoms with Gasteiger partial charge in [0.25, 0.3) is 0 Å². The fraction of sp³-hybridized carbons (Fsp3) is 0.600. The number of nitrogens with one attached hydrogen (secondary N) is 1. The number of rotatable bonds is 1. The Labute approximate surface area is 123 Å². The van der Waals surface area contributed by atoms with Crippen LogP contribution in [0.4, 0.5) is 5.95 Å². The molecule has 0 radical (unpaired) electrons. The predicted molar refractivity (Wildman–Crippen MR) is 86.3 cm³/mol.